The van der Waals surface area contributed by atoms with Gasteiger partial charge >= 0.3 is 0 Å². The summed E-state index contributed by atoms with van der Waals surface area (Å²) in [4.78, 5) is 0. The average molecular weight is 173 g/mol. The Hall–Kier alpha value is 0.310. The van der Waals surface area contributed by atoms with Crippen molar-refractivity contribution in [3.63, 3.8) is 0 Å². The second-order valence-electron chi connectivity index (χ2n) is 3.67. The molecule has 2 heteroatoms. The lowest BCUT2D eigenvalue weighted by molar-refractivity contribution is 0.385. The summed E-state index contributed by atoms with van der Waals surface area (Å²) < 4.78 is 0. The molecule has 0 bridgehead atoms. The lowest BCUT2D eigenvalue weighted by Gasteiger charge is -2.17. The van der Waals surface area contributed by atoms with Crippen molar-refractivity contribution in [3.8, 4) is 0 Å². The summed E-state index contributed by atoms with van der Waals surface area (Å²) in [5.74, 6) is 1.79. The van der Waals surface area contributed by atoms with Crippen molar-refractivity contribution in [3.05, 3.63) is 0 Å². The molecular formula is C9H19NS. The van der Waals surface area contributed by atoms with Gasteiger partial charge in [0.05, 0.1) is 0 Å². The summed E-state index contributed by atoms with van der Waals surface area (Å²) in [6, 6.07) is 0. The van der Waals surface area contributed by atoms with Gasteiger partial charge in [0, 0.05) is 0 Å². The maximum atomic E-state index is 4.42. The zero-order valence-corrected chi connectivity index (χ0v) is 8.40. The highest BCUT2D eigenvalue weighted by Crippen LogP contribution is 2.25. The molecule has 1 aliphatic rings. The summed E-state index contributed by atoms with van der Waals surface area (Å²) >= 11 is 4.42. The Bertz CT molecular complexity index is 114. The largest absolute Gasteiger partial charge is 0.316 e. The van der Waals surface area contributed by atoms with Crippen LogP contribution in [0.2, 0.25) is 0 Å². The van der Waals surface area contributed by atoms with Gasteiger partial charge in [-0.1, -0.05) is 20.3 Å². The zero-order valence-electron chi connectivity index (χ0n) is 7.51. The van der Waals surface area contributed by atoms with Gasteiger partial charge in [-0.15, -0.1) is 0 Å². The number of hydrogen-bond donors (Lipinski definition) is 2. The van der Waals surface area contributed by atoms with Crippen molar-refractivity contribution in [2.75, 3.05) is 13.1 Å². The smallest absolute Gasteiger partial charge is 0.000837 e. The minimum atomic E-state index is 0.564. The summed E-state index contributed by atoms with van der Waals surface area (Å²) in [5, 5.41) is 4.01. The molecule has 11 heavy (non-hydrogen) atoms. The van der Waals surface area contributed by atoms with Crippen molar-refractivity contribution in [2.24, 2.45) is 11.8 Å². The zero-order chi connectivity index (χ0) is 8.27. The highest BCUT2D eigenvalue weighted by atomic mass is 32.1. The van der Waals surface area contributed by atoms with E-state index >= 15 is 0 Å². The van der Waals surface area contributed by atoms with E-state index in [1.165, 1.54) is 25.9 Å². The molecule has 0 aromatic heterocycles. The third-order valence-electron chi connectivity index (χ3n) is 2.65. The first-order valence-corrected chi connectivity index (χ1v) is 5.14. The SMILES string of the molecule is CCC1CNCC1CC(C)S. The van der Waals surface area contributed by atoms with Gasteiger partial charge in [0.2, 0.25) is 0 Å². The van der Waals surface area contributed by atoms with Crippen LogP contribution in [-0.4, -0.2) is 18.3 Å². The molecule has 0 aliphatic carbocycles. The molecule has 1 aliphatic heterocycles. The van der Waals surface area contributed by atoms with E-state index in [1.54, 1.807) is 0 Å². The van der Waals surface area contributed by atoms with E-state index in [9.17, 15) is 0 Å². The maximum absolute atomic E-state index is 4.42. The first-order valence-electron chi connectivity index (χ1n) is 4.62. The predicted octanol–water partition coefficient (Wildman–Crippen LogP) is 1.94. The molecule has 0 radical (unpaired) electrons. The van der Waals surface area contributed by atoms with Crippen LogP contribution < -0.4 is 5.32 Å². The molecule has 1 saturated heterocycles. The molecule has 1 nitrogen and oxygen atoms in total. The molecule has 0 spiro atoms. The van der Waals surface area contributed by atoms with Crippen molar-refractivity contribution in [2.45, 2.75) is 31.9 Å². The number of nitrogens with one attached hydrogen (secondary N) is 1. The van der Waals surface area contributed by atoms with Gasteiger partial charge in [0.15, 0.2) is 0 Å². The maximum Gasteiger partial charge on any atom is -0.000837 e. The predicted molar refractivity (Wildman–Crippen MR) is 53.2 cm³/mol. The van der Waals surface area contributed by atoms with Crippen LogP contribution in [0.4, 0.5) is 0 Å². The van der Waals surface area contributed by atoms with Crippen molar-refractivity contribution < 1.29 is 0 Å². The lowest BCUT2D eigenvalue weighted by Crippen LogP contribution is -2.15. The minimum Gasteiger partial charge on any atom is -0.316 e. The molecule has 0 aromatic carbocycles. The van der Waals surface area contributed by atoms with Crippen LogP contribution in [0.25, 0.3) is 0 Å². The third kappa shape index (κ3) is 2.68. The molecule has 1 N–H and O–H groups in total. The van der Waals surface area contributed by atoms with E-state index in [4.69, 9.17) is 0 Å². The van der Waals surface area contributed by atoms with Gasteiger partial charge in [0.1, 0.15) is 0 Å². The monoisotopic (exact) mass is 173 g/mol. The molecular weight excluding hydrogens is 154 g/mol. The van der Waals surface area contributed by atoms with Crippen LogP contribution in [0, 0.1) is 11.8 Å². The van der Waals surface area contributed by atoms with Crippen LogP contribution in [-0.2, 0) is 0 Å². The molecule has 0 aromatic rings. The van der Waals surface area contributed by atoms with Gasteiger partial charge in [-0.05, 0) is 36.6 Å². The highest BCUT2D eigenvalue weighted by Gasteiger charge is 2.25. The van der Waals surface area contributed by atoms with Gasteiger partial charge < -0.3 is 5.32 Å². The minimum absolute atomic E-state index is 0.564. The Kier molecular flexibility index (Phi) is 3.73. The molecule has 0 amide bonds. The van der Waals surface area contributed by atoms with E-state index in [0.717, 1.165) is 11.8 Å². The lowest BCUT2D eigenvalue weighted by atomic mass is 9.90. The molecule has 1 fully saturated rings. The normalized spacial score (nSPS) is 34.1. The summed E-state index contributed by atoms with van der Waals surface area (Å²) in [7, 11) is 0. The quantitative estimate of drug-likeness (QED) is 0.622. The Labute approximate surface area is 75.4 Å². The molecule has 0 saturated carbocycles. The number of rotatable bonds is 3. The summed E-state index contributed by atoms with van der Waals surface area (Å²) in [6.07, 6.45) is 2.59. The van der Waals surface area contributed by atoms with E-state index in [2.05, 4.69) is 31.8 Å². The molecule has 3 atom stereocenters. The fraction of sp³-hybridized carbons (Fsp3) is 1.00. The van der Waals surface area contributed by atoms with E-state index in [-0.39, 0.29) is 0 Å². The average Bonchev–Trinajstić information content (AvgIpc) is 2.34. The van der Waals surface area contributed by atoms with Crippen molar-refractivity contribution >= 4 is 12.6 Å². The molecule has 1 heterocycles. The van der Waals surface area contributed by atoms with Crippen LogP contribution >= 0.6 is 12.6 Å². The first kappa shape index (κ1) is 9.40. The van der Waals surface area contributed by atoms with Crippen LogP contribution in [0.5, 0.6) is 0 Å². The summed E-state index contributed by atoms with van der Waals surface area (Å²) in [5.41, 5.74) is 0. The topological polar surface area (TPSA) is 12.0 Å². The van der Waals surface area contributed by atoms with Crippen LogP contribution in [0.3, 0.4) is 0 Å². The number of thiol groups is 1. The van der Waals surface area contributed by atoms with E-state index in [0.29, 0.717) is 5.25 Å². The fourth-order valence-corrected chi connectivity index (χ4v) is 2.25. The van der Waals surface area contributed by atoms with Crippen molar-refractivity contribution in [1.29, 1.82) is 0 Å². The van der Waals surface area contributed by atoms with Gasteiger partial charge in [0.25, 0.3) is 0 Å². The fourth-order valence-electron chi connectivity index (χ4n) is 1.98. The second-order valence-corrected chi connectivity index (χ2v) is 4.55. The van der Waals surface area contributed by atoms with Crippen molar-refractivity contribution in [1.82, 2.24) is 5.32 Å². The van der Waals surface area contributed by atoms with Crippen LogP contribution in [0.1, 0.15) is 26.7 Å². The number of hydrogen-bond acceptors (Lipinski definition) is 2. The van der Waals surface area contributed by atoms with Gasteiger partial charge in [-0.25, -0.2) is 0 Å². The Morgan fingerprint density at radius 3 is 2.64 bits per heavy atom. The molecule has 1 rings (SSSR count). The van der Waals surface area contributed by atoms with Gasteiger partial charge in [-0.3, -0.25) is 0 Å². The molecule has 66 valence electrons. The third-order valence-corrected chi connectivity index (χ3v) is 2.86. The Morgan fingerprint density at radius 1 is 1.45 bits per heavy atom. The standard InChI is InChI=1S/C9H19NS/c1-3-8-5-10-6-9(8)4-7(2)11/h7-11H,3-6H2,1-2H3. The first-order chi connectivity index (χ1) is 5.24. The van der Waals surface area contributed by atoms with E-state index < -0.39 is 0 Å². The molecule has 3 unspecified atom stereocenters. The van der Waals surface area contributed by atoms with Crippen LogP contribution in [0.15, 0.2) is 0 Å². The Morgan fingerprint density at radius 2 is 2.09 bits per heavy atom. The summed E-state index contributed by atoms with van der Waals surface area (Å²) in [6.45, 7) is 6.91. The van der Waals surface area contributed by atoms with E-state index in [1.807, 2.05) is 0 Å². The Balaban J connectivity index is 2.31. The highest BCUT2D eigenvalue weighted by molar-refractivity contribution is 7.80. The van der Waals surface area contributed by atoms with Gasteiger partial charge in [-0.2, -0.15) is 12.6 Å². The second kappa shape index (κ2) is 4.36.